The largest absolute Gasteiger partial charge is 0.438 e. The Labute approximate surface area is 112 Å². The van der Waals surface area contributed by atoms with Crippen molar-refractivity contribution in [2.75, 3.05) is 0 Å². The molecule has 0 aliphatic heterocycles. The van der Waals surface area contributed by atoms with Gasteiger partial charge in [-0.25, -0.2) is 4.98 Å². The van der Waals surface area contributed by atoms with Gasteiger partial charge in [-0.05, 0) is 23.6 Å². The fourth-order valence-corrected chi connectivity index (χ4v) is 1.64. The minimum absolute atomic E-state index is 0.358. The lowest BCUT2D eigenvalue weighted by atomic mass is 10.0. The van der Waals surface area contributed by atoms with Gasteiger partial charge in [0, 0.05) is 0 Å². The zero-order valence-corrected chi connectivity index (χ0v) is 11.2. The molecule has 1 aromatic carbocycles. The van der Waals surface area contributed by atoms with Crippen LogP contribution < -0.4 is 4.74 Å². The molecule has 0 spiro atoms. The Morgan fingerprint density at radius 2 is 1.83 bits per heavy atom. The Morgan fingerprint density at radius 1 is 1.11 bits per heavy atom. The predicted molar refractivity (Wildman–Crippen MR) is 72.2 cm³/mol. The first-order valence-corrected chi connectivity index (χ1v) is 6.37. The quantitative estimate of drug-likeness (QED) is 0.777. The maximum absolute atomic E-state index is 5.64. The standard InChI is InChI=1S/C14H15ClN2O/c1-10(2)11-3-5-13(6-4-11)18-14-9-16-12(7-15)8-17-14/h3-6,8-10H,7H2,1-2H3. The van der Waals surface area contributed by atoms with Crippen molar-refractivity contribution in [1.29, 1.82) is 0 Å². The molecule has 4 heteroatoms. The average Bonchev–Trinajstić information content (AvgIpc) is 2.40. The van der Waals surface area contributed by atoms with Crippen molar-refractivity contribution in [2.24, 2.45) is 0 Å². The van der Waals surface area contributed by atoms with Gasteiger partial charge in [0.25, 0.3) is 0 Å². The summed E-state index contributed by atoms with van der Waals surface area (Å²) in [5.41, 5.74) is 2.02. The van der Waals surface area contributed by atoms with E-state index in [9.17, 15) is 0 Å². The number of hydrogen-bond acceptors (Lipinski definition) is 3. The first-order chi connectivity index (χ1) is 8.69. The highest BCUT2D eigenvalue weighted by molar-refractivity contribution is 6.16. The van der Waals surface area contributed by atoms with Crippen molar-refractivity contribution in [2.45, 2.75) is 25.6 Å². The molecule has 0 saturated carbocycles. The molecule has 2 rings (SSSR count). The second-order valence-corrected chi connectivity index (χ2v) is 4.57. The predicted octanol–water partition coefficient (Wildman–Crippen LogP) is 4.13. The molecule has 0 unspecified atom stereocenters. The molecular weight excluding hydrogens is 248 g/mol. The Balaban J connectivity index is 2.08. The summed E-state index contributed by atoms with van der Waals surface area (Å²) in [7, 11) is 0. The van der Waals surface area contributed by atoms with E-state index in [1.165, 1.54) is 5.56 Å². The van der Waals surface area contributed by atoms with Crippen molar-refractivity contribution >= 4 is 11.6 Å². The van der Waals surface area contributed by atoms with E-state index in [-0.39, 0.29) is 0 Å². The van der Waals surface area contributed by atoms with Crippen molar-refractivity contribution in [3.8, 4) is 11.6 Å². The molecule has 0 bridgehead atoms. The third-order valence-electron chi connectivity index (χ3n) is 2.59. The van der Waals surface area contributed by atoms with Crippen LogP contribution >= 0.6 is 11.6 Å². The normalized spacial score (nSPS) is 10.7. The van der Waals surface area contributed by atoms with Crippen molar-refractivity contribution in [3.05, 3.63) is 47.9 Å². The van der Waals surface area contributed by atoms with Crippen LogP contribution in [0.1, 0.15) is 31.0 Å². The highest BCUT2D eigenvalue weighted by Gasteiger charge is 2.02. The van der Waals surface area contributed by atoms with E-state index in [2.05, 4.69) is 35.9 Å². The number of rotatable bonds is 4. The van der Waals surface area contributed by atoms with Crippen LogP contribution in [0.2, 0.25) is 0 Å². The molecule has 0 N–H and O–H groups in total. The fraction of sp³-hybridized carbons (Fsp3) is 0.286. The molecule has 1 aromatic heterocycles. The first-order valence-electron chi connectivity index (χ1n) is 5.83. The molecular formula is C14H15ClN2O. The summed E-state index contributed by atoms with van der Waals surface area (Å²) in [5.74, 6) is 2.10. The first kappa shape index (κ1) is 12.8. The molecule has 0 saturated heterocycles. The van der Waals surface area contributed by atoms with Gasteiger partial charge in [0.05, 0.1) is 24.0 Å². The van der Waals surface area contributed by atoms with Gasteiger partial charge in [-0.3, -0.25) is 4.98 Å². The summed E-state index contributed by atoms with van der Waals surface area (Å²) in [6.07, 6.45) is 3.19. The molecule has 94 valence electrons. The second-order valence-electron chi connectivity index (χ2n) is 4.31. The molecule has 0 aliphatic carbocycles. The summed E-state index contributed by atoms with van der Waals surface area (Å²) in [4.78, 5) is 8.25. The van der Waals surface area contributed by atoms with E-state index < -0.39 is 0 Å². The summed E-state index contributed by atoms with van der Waals surface area (Å²) < 4.78 is 5.60. The van der Waals surface area contributed by atoms with Crippen LogP contribution in [-0.4, -0.2) is 9.97 Å². The van der Waals surface area contributed by atoms with Gasteiger partial charge in [0.15, 0.2) is 0 Å². The molecule has 0 amide bonds. The van der Waals surface area contributed by atoms with Crippen molar-refractivity contribution < 1.29 is 4.74 Å². The van der Waals surface area contributed by atoms with Crippen LogP contribution in [0.3, 0.4) is 0 Å². The molecule has 0 aliphatic rings. The maximum Gasteiger partial charge on any atom is 0.237 e. The van der Waals surface area contributed by atoms with E-state index in [0.29, 0.717) is 17.7 Å². The van der Waals surface area contributed by atoms with Crippen molar-refractivity contribution in [3.63, 3.8) is 0 Å². The van der Waals surface area contributed by atoms with Crippen LogP contribution in [0.4, 0.5) is 0 Å². The summed E-state index contributed by atoms with van der Waals surface area (Å²) in [6.45, 7) is 4.32. The van der Waals surface area contributed by atoms with Gasteiger partial charge >= 0.3 is 0 Å². The highest BCUT2D eigenvalue weighted by Crippen LogP contribution is 2.22. The van der Waals surface area contributed by atoms with Gasteiger partial charge in [0.2, 0.25) is 5.88 Å². The smallest absolute Gasteiger partial charge is 0.237 e. The third kappa shape index (κ3) is 3.20. The average molecular weight is 263 g/mol. The van der Waals surface area contributed by atoms with Crippen molar-refractivity contribution in [1.82, 2.24) is 9.97 Å². The Morgan fingerprint density at radius 3 is 2.33 bits per heavy atom. The number of nitrogens with zero attached hydrogens (tertiary/aromatic N) is 2. The molecule has 2 aromatic rings. The number of aromatic nitrogens is 2. The third-order valence-corrected chi connectivity index (χ3v) is 2.86. The van der Waals surface area contributed by atoms with Gasteiger partial charge in [-0.2, -0.15) is 0 Å². The summed E-state index contributed by atoms with van der Waals surface area (Å²) >= 11 is 5.64. The van der Waals surface area contributed by atoms with Crippen LogP contribution in [-0.2, 0) is 5.88 Å². The topological polar surface area (TPSA) is 35.0 Å². The molecule has 1 heterocycles. The number of benzene rings is 1. The van der Waals surface area contributed by atoms with Gasteiger partial charge in [-0.1, -0.05) is 26.0 Å². The lowest BCUT2D eigenvalue weighted by Gasteiger charge is -2.07. The molecule has 18 heavy (non-hydrogen) atoms. The number of alkyl halides is 1. The number of hydrogen-bond donors (Lipinski definition) is 0. The molecule has 0 radical (unpaired) electrons. The van der Waals surface area contributed by atoms with Gasteiger partial charge < -0.3 is 4.74 Å². The van der Waals surface area contributed by atoms with Crippen LogP contribution in [0.15, 0.2) is 36.7 Å². The minimum Gasteiger partial charge on any atom is -0.438 e. The number of halogens is 1. The lowest BCUT2D eigenvalue weighted by Crippen LogP contribution is -1.93. The highest BCUT2D eigenvalue weighted by atomic mass is 35.5. The summed E-state index contributed by atoms with van der Waals surface area (Å²) in [5, 5.41) is 0. The van der Waals surface area contributed by atoms with Crippen LogP contribution in [0, 0.1) is 0 Å². The van der Waals surface area contributed by atoms with Gasteiger partial charge in [0.1, 0.15) is 5.75 Å². The molecule has 3 nitrogen and oxygen atoms in total. The van der Waals surface area contributed by atoms with Crippen LogP contribution in [0.25, 0.3) is 0 Å². The van der Waals surface area contributed by atoms with Crippen LogP contribution in [0.5, 0.6) is 11.6 Å². The Kier molecular flexibility index (Phi) is 4.15. The SMILES string of the molecule is CC(C)c1ccc(Oc2cnc(CCl)cn2)cc1. The molecule has 0 fully saturated rings. The zero-order chi connectivity index (χ0) is 13.0. The molecule has 0 atom stereocenters. The summed E-state index contributed by atoms with van der Waals surface area (Å²) in [6, 6.07) is 7.99. The van der Waals surface area contributed by atoms with E-state index in [1.54, 1.807) is 12.4 Å². The fourth-order valence-electron chi connectivity index (χ4n) is 1.51. The van der Waals surface area contributed by atoms with E-state index in [1.807, 2.05) is 12.1 Å². The lowest BCUT2D eigenvalue weighted by molar-refractivity contribution is 0.459. The maximum atomic E-state index is 5.64. The monoisotopic (exact) mass is 262 g/mol. The van der Waals surface area contributed by atoms with Gasteiger partial charge in [-0.15, -0.1) is 11.6 Å². The zero-order valence-electron chi connectivity index (χ0n) is 10.4. The minimum atomic E-state index is 0.358. The Bertz CT molecular complexity index is 494. The second kappa shape index (κ2) is 5.83. The number of ether oxygens (including phenoxy) is 1. The van der Waals surface area contributed by atoms with E-state index in [4.69, 9.17) is 16.3 Å². The van der Waals surface area contributed by atoms with E-state index in [0.717, 1.165) is 11.4 Å². The Hall–Kier alpha value is -1.61. The van der Waals surface area contributed by atoms with E-state index >= 15 is 0 Å².